The number of nitrogen functional groups attached to an aromatic ring is 1. The van der Waals surface area contributed by atoms with Gasteiger partial charge in [0.15, 0.2) is 0 Å². The van der Waals surface area contributed by atoms with E-state index in [2.05, 4.69) is 10.2 Å². The molecular formula is C14H11FN4OS. The molecular weight excluding hydrogens is 291 g/mol. The Kier molecular flexibility index (Phi) is 3.26. The molecule has 106 valence electrons. The third kappa shape index (κ3) is 2.31. The topological polar surface area (TPSA) is 72.1 Å². The van der Waals surface area contributed by atoms with Crippen LogP contribution in [0, 0.1) is 5.82 Å². The normalized spacial score (nSPS) is 10.8. The van der Waals surface area contributed by atoms with Gasteiger partial charge in [0.1, 0.15) is 15.5 Å². The number of aromatic nitrogens is 2. The van der Waals surface area contributed by atoms with E-state index in [9.17, 15) is 9.18 Å². The maximum absolute atomic E-state index is 13.3. The van der Waals surface area contributed by atoms with Gasteiger partial charge in [0.25, 0.3) is 5.91 Å². The Morgan fingerprint density at radius 3 is 2.90 bits per heavy atom. The number of benzene rings is 1. The highest BCUT2D eigenvalue weighted by molar-refractivity contribution is 7.21. The number of amides is 1. The van der Waals surface area contributed by atoms with Crippen molar-refractivity contribution in [1.29, 1.82) is 0 Å². The minimum atomic E-state index is -0.401. The number of hydrogen-bond donors (Lipinski definition) is 1. The molecule has 0 atom stereocenters. The zero-order valence-electron chi connectivity index (χ0n) is 11.1. The molecule has 0 aliphatic carbocycles. The van der Waals surface area contributed by atoms with Crippen LogP contribution in [0.5, 0.6) is 0 Å². The molecule has 0 aliphatic rings. The maximum Gasteiger partial charge on any atom is 0.270 e. The van der Waals surface area contributed by atoms with Gasteiger partial charge in [-0.1, -0.05) is 6.07 Å². The monoisotopic (exact) mass is 302 g/mol. The summed E-state index contributed by atoms with van der Waals surface area (Å²) < 4.78 is 13.3. The highest BCUT2D eigenvalue weighted by Crippen LogP contribution is 2.33. The molecule has 0 saturated carbocycles. The smallest absolute Gasteiger partial charge is 0.270 e. The van der Waals surface area contributed by atoms with Crippen LogP contribution in [0.25, 0.3) is 10.2 Å². The fourth-order valence-electron chi connectivity index (χ4n) is 1.99. The lowest BCUT2D eigenvalue weighted by Gasteiger charge is -2.16. The molecule has 5 nitrogen and oxygen atoms in total. The molecule has 0 spiro atoms. The Hall–Kier alpha value is -2.54. The van der Waals surface area contributed by atoms with Crippen molar-refractivity contribution in [2.24, 2.45) is 0 Å². The Balaban J connectivity index is 2.02. The van der Waals surface area contributed by atoms with Gasteiger partial charge in [-0.15, -0.1) is 16.4 Å². The third-order valence-electron chi connectivity index (χ3n) is 3.11. The van der Waals surface area contributed by atoms with Crippen LogP contribution >= 0.6 is 11.3 Å². The number of thiophene rings is 1. The van der Waals surface area contributed by atoms with Gasteiger partial charge in [-0.2, -0.15) is 5.10 Å². The van der Waals surface area contributed by atoms with Gasteiger partial charge in [-0.3, -0.25) is 4.79 Å². The second kappa shape index (κ2) is 5.10. The fraction of sp³-hybridized carbons (Fsp3) is 0.0714. The largest absolute Gasteiger partial charge is 0.397 e. The minimum absolute atomic E-state index is 0.305. The van der Waals surface area contributed by atoms with Crippen LogP contribution in [0.2, 0.25) is 0 Å². The first-order chi connectivity index (χ1) is 10.1. The van der Waals surface area contributed by atoms with Crippen molar-refractivity contribution in [3.05, 3.63) is 47.2 Å². The summed E-state index contributed by atoms with van der Waals surface area (Å²) in [6.07, 6.45) is 1.52. The summed E-state index contributed by atoms with van der Waals surface area (Å²) in [5, 5.41) is 8.42. The number of anilines is 2. The first kappa shape index (κ1) is 13.4. The van der Waals surface area contributed by atoms with E-state index in [1.807, 2.05) is 0 Å². The van der Waals surface area contributed by atoms with E-state index in [0.29, 0.717) is 26.5 Å². The Labute approximate surface area is 123 Å². The first-order valence-electron chi connectivity index (χ1n) is 6.11. The molecule has 0 aliphatic heterocycles. The minimum Gasteiger partial charge on any atom is -0.397 e. The van der Waals surface area contributed by atoms with Crippen LogP contribution in [0.4, 0.5) is 15.8 Å². The summed E-state index contributed by atoms with van der Waals surface area (Å²) in [5.41, 5.74) is 6.84. The van der Waals surface area contributed by atoms with Gasteiger partial charge in [-0.25, -0.2) is 4.39 Å². The van der Waals surface area contributed by atoms with Crippen molar-refractivity contribution in [1.82, 2.24) is 10.2 Å². The molecule has 2 aromatic heterocycles. The van der Waals surface area contributed by atoms with Gasteiger partial charge in [0.2, 0.25) is 0 Å². The van der Waals surface area contributed by atoms with E-state index in [-0.39, 0.29) is 5.91 Å². The van der Waals surface area contributed by atoms with E-state index in [1.165, 1.54) is 34.6 Å². The number of rotatable bonds is 2. The second-order valence-corrected chi connectivity index (χ2v) is 5.44. The lowest BCUT2D eigenvalue weighted by Crippen LogP contribution is -2.26. The summed E-state index contributed by atoms with van der Waals surface area (Å²) in [5.74, 6) is -0.705. The molecule has 2 heterocycles. The lowest BCUT2D eigenvalue weighted by atomic mass is 10.2. The molecule has 3 rings (SSSR count). The molecule has 0 radical (unpaired) electrons. The average molecular weight is 302 g/mol. The van der Waals surface area contributed by atoms with E-state index < -0.39 is 5.82 Å². The molecule has 2 N–H and O–H groups in total. The SMILES string of the molecule is CN(C(=O)c1sc2nnccc2c1N)c1cccc(F)c1. The molecule has 0 unspecified atom stereocenters. The number of fused-ring (bicyclic) bond motifs is 1. The lowest BCUT2D eigenvalue weighted by molar-refractivity contribution is 0.0997. The molecule has 7 heteroatoms. The van der Waals surface area contributed by atoms with Crippen LogP contribution < -0.4 is 10.6 Å². The molecule has 0 fully saturated rings. The van der Waals surface area contributed by atoms with Gasteiger partial charge >= 0.3 is 0 Å². The van der Waals surface area contributed by atoms with Gasteiger partial charge in [0.05, 0.1) is 11.9 Å². The van der Waals surface area contributed by atoms with Crippen molar-refractivity contribution in [3.63, 3.8) is 0 Å². The summed E-state index contributed by atoms with van der Waals surface area (Å²) in [7, 11) is 1.58. The fourth-order valence-corrected chi connectivity index (χ4v) is 3.00. The van der Waals surface area contributed by atoms with Crippen molar-refractivity contribution >= 4 is 38.8 Å². The third-order valence-corrected chi connectivity index (χ3v) is 4.21. The summed E-state index contributed by atoms with van der Waals surface area (Å²) >= 11 is 1.18. The predicted octanol–water partition coefficient (Wildman–Crippen LogP) is 2.69. The van der Waals surface area contributed by atoms with E-state index in [4.69, 9.17) is 5.73 Å². The molecule has 1 aromatic carbocycles. The van der Waals surface area contributed by atoms with Crippen molar-refractivity contribution in [2.75, 3.05) is 17.7 Å². The Morgan fingerprint density at radius 1 is 1.38 bits per heavy atom. The first-order valence-corrected chi connectivity index (χ1v) is 6.93. The number of hydrogen-bond acceptors (Lipinski definition) is 5. The van der Waals surface area contributed by atoms with E-state index >= 15 is 0 Å². The van der Waals surface area contributed by atoms with Crippen LogP contribution in [-0.4, -0.2) is 23.2 Å². The zero-order valence-corrected chi connectivity index (χ0v) is 11.9. The summed E-state index contributed by atoms with van der Waals surface area (Å²) in [6, 6.07) is 7.54. The number of nitrogens with two attached hydrogens (primary N) is 1. The summed E-state index contributed by atoms with van der Waals surface area (Å²) in [4.78, 5) is 14.9. The highest BCUT2D eigenvalue weighted by Gasteiger charge is 2.21. The van der Waals surface area contributed by atoms with Crippen molar-refractivity contribution < 1.29 is 9.18 Å². The van der Waals surface area contributed by atoms with Crippen molar-refractivity contribution in [2.45, 2.75) is 0 Å². The Bertz CT molecular complexity index is 833. The standard InChI is InChI=1S/C14H11FN4OS/c1-19(9-4-2-3-8(15)7-9)14(20)12-11(16)10-5-6-17-18-13(10)21-12/h2-7H,16H2,1H3. The van der Waals surface area contributed by atoms with Gasteiger partial charge in [-0.05, 0) is 24.3 Å². The molecule has 3 aromatic rings. The quantitative estimate of drug-likeness (QED) is 0.790. The van der Waals surface area contributed by atoms with Crippen molar-refractivity contribution in [3.8, 4) is 0 Å². The number of nitrogens with zero attached hydrogens (tertiary/aromatic N) is 3. The van der Waals surface area contributed by atoms with Crippen LogP contribution in [0.15, 0.2) is 36.5 Å². The van der Waals surface area contributed by atoms with E-state index in [0.717, 1.165) is 0 Å². The molecule has 0 bridgehead atoms. The number of halogens is 1. The van der Waals surface area contributed by atoms with Crippen LogP contribution in [0.3, 0.4) is 0 Å². The van der Waals surface area contributed by atoms with Gasteiger partial charge < -0.3 is 10.6 Å². The van der Waals surface area contributed by atoms with Crippen LogP contribution in [0.1, 0.15) is 9.67 Å². The Morgan fingerprint density at radius 2 is 2.19 bits per heavy atom. The van der Waals surface area contributed by atoms with Gasteiger partial charge in [0, 0.05) is 18.1 Å². The second-order valence-electron chi connectivity index (χ2n) is 4.44. The predicted molar refractivity (Wildman–Crippen MR) is 81.0 cm³/mol. The molecule has 1 amide bonds. The highest BCUT2D eigenvalue weighted by atomic mass is 32.1. The summed E-state index contributed by atoms with van der Waals surface area (Å²) in [6.45, 7) is 0. The average Bonchev–Trinajstić information content (AvgIpc) is 2.83. The van der Waals surface area contributed by atoms with E-state index in [1.54, 1.807) is 25.2 Å². The number of carbonyl (C=O) groups excluding carboxylic acids is 1. The molecule has 0 saturated heterocycles. The number of carbonyl (C=O) groups is 1. The molecule has 21 heavy (non-hydrogen) atoms. The zero-order chi connectivity index (χ0) is 15.0. The van der Waals surface area contributed by atoms with Crippen LogP contribution in [-0.2, 0) is 0 Å². The maximum atomic E-state index is 13.3.